The largest absolute Gasteiger partial charge is 0.478 e. The molecule has 6 heteroatoms. The average Bonchev–Trinajstić information content (AvgIpc) is 2.47. The number of nitrogens with one attached hydrogen (secondary N) is 1. The van der Waals surface area contributed by atoms with Gasteiger partial charge in [0.15, 0.2) is 0 Å². The van der Waals surface area contributed by atoms with Crippen LogP contribution in [0.15, 0.2) is 0 Å². The highest BCUT2D eigenvalue weighted by Crippen LogP contribution is 2.35. The number of carbonyl (C=O) groups excluding carboxylic acids is 1. The molecular formula is C20H29NO5. The molecule has 0 aliphatic rings. The first-order valence-corrected chi connectivity index (χ1v) is 8.79. The van der Waals surface area contributed by atoms with Crippen molar-refractivity contribution in [2.75, 3.05) is 5.32 Å². The van der Waals surface area contributed by atoms with Crippen molar-refractivity contribution in [3.05, 3.63) is 27.8 Å². The van der Waals surface area contributed by atoms with Crippen molar-refractivity contribution in [3.63, 3.8) is 0 Å². The number of benzene rings is 1. The summed E-state index contributed by atoms with van der Waals surface area (Å²) in [7, 11) is 0. The first-order chi connectivity index (χ1) is 11.8. The zero-order chi connectivity index (χ0) is 20.4. The van der Waals surface area contributed by atoms with Crippen LogP contribution in [0.25, 0.3) is 0 Å². The predicted molar refractivity (Wildman–Crippen MR) is 101 cm³/mol. The standard InChI is InChI=1S/C20H29NO5/c1-8-13-15(18(24)25)11(4)14(17(22)23)12(5)16(13)21-19(26)20(6,7)9-10(2)3/h10H,8-9H2,1-7H3,(H,21,26)(H,22,23)(H,24,25). The van der Waals surface area contributed by atoms with Gasteiger partial charge in [0.25, 0.3) is 0 Å². The molecule has 0 spiro atoms. The fraction of sp³-hybridized carbons (Fsp3) is 0.550. The van der Waals surface area contributed by atoms with Crippen LogP contribution in [0.3, 0.4) is 0 Å². The molecule has 1 aromatic rings. The lowest BCUT2D eigenvalue weighted by Crippen LogP contribution is -2.33. The van der Waals surface area contributed by atoms with Crippen molar-refractivity contribution in [1.82, 2.24) is 0 Å². The zero-order valence-electron chi connectivity index (χ0n) is 16.6. The van der Waals surface area contributed by atoms with Gasteiger partial charge >= 0.3 is 11.9 Å². The Bertz CT molecular complexity index is 747. The minimum Gasteiger partial charge on any atom is -0.478 e. The molecule has 0 heterocycles. The van der Waals surface area contributed by atoms with E-state index in [-0.39, 0.29) is 22.6 Å². The lowest BCUT2D eigenvalue weighted by atomic mass is 9.82. The first kappa shape index (κ1) is 21.7. The molecule has 0 atom stereocenters. The van der Waals surface area contributed by atoms with Gasteiger partial charge < -0.3 is 15.5 Å². The quantitative estimate of drug-likeness (QED) is 0.671. The van der Waals surface area contributed by atoms with Crippen LogP contribution in [0, 0.1) is 25.2 Å². The number of carboxylic acid groups (broad SMARTS) is 2. The summed E-state index contributed by atoms with van der Waals surface area (Å²) < 4.78 is 0. The maximum Gasteiger partial charge on any atom is 0.336 e. The number of anilines is 1. The van der Waals surface area contributed by atoms with Crippen molar-refractivity contribution >= 4 is 23.5 Å². The van der Waals surface area contributed by atoms with E-state index in [9.17, 15) is 24.6 Å². The molecule has 1 aromatic carbocycles. The lowest BCUT2D eigenvalue weighted by Gasteiger charge is -2.28. The van der Waals surface area contributed by atoms with E-state index in [1.807, 2.05) is 27.7 Å². The molecule has 1 rings (SSSR count). The summed E-state index contributed by atoms with van der Waals surface area (Å²) in [6, 6.07) is 0. The topological polar surface area (TPSA) is 104 Å². The molecular weight excluding hydrogens is 334 g/mol. The van der Waals surface area contributed by atoms with Gasteiger partial charge in [0, 0.05) is 11.1 Å². The van der Waals surface area contributed by atoms with Crippen LogP contribution in [0.5, 0.6) is 0 Å². The van der Waals surface area contributed by atoms with E-state index in [4.69, 9.17) is 0 Å². The van der Waals surface area contributed by atoms with Crippen LogP contribution in [0.4, 0.5) is 5.69 Å². The van der Waals surface area contributed by atoms with Crippen LogP contribution >= 0.6 is 0 Å². The minimum absolute atomic E-state index is 0.0486. The molecule has 0 bridgehead atoms. The number of amides is 1. The Morgan fingerprint density at radius 3 is 1.88 bits per heavy atom. The zero-order valence-corrected chi connectivity index (χ0v) is 16.6. The van der Waals surface area contributed by atoms with Gasteiger partial charge in [0.05, 0.1) is 11.1 Å². The maximum atomic E-state index is 12.8. The molecule has 0 unspecified atom stereocenters. The van der Waals surface area contributed by atoms with Crippen molar-refractivity contribution in [3.8, 4) is 0 Å². The van der Waals surface area contributed by atoms with E-state index in [1.54, 1.807) is 13.8 Å². The van der Waals surface area contributed by atoms with Gasteiger partial charge in [-0.3, -0.25) is 4.79 Å². The molecule has 0 aliphatic heterocycles. The third-order valence-electron chi connectivity index (χ3n) is 4.66. The lowest BCUT2D eigenvalue weighted by molar-refractivity contribution is -0.124. The summed E-state index contributed by atoms with van der Waals surface area (Å²) in [6.45, 7) is 12.6. The average molecular weight is 363 g/mol. The molecule has 144 valence electrons. The third kappa shape index (κ3) is 4.23. The molecule has 0 aliphatic carbocycles. The van der Waals surface area contributed by atoms with Crippen molar-refractivity contribution < 1.29 is 24.6 Å². The molecule has 6 nitrogen and oxygen atoms in total. The summed E-state index contributed by atoms with van der Waals surface area (Å²) in [5, 5.41) is 22.0. The smallest absolute Gasteiger partial charge is 0.336 e. The van der Waals surface area contributed by atoms with Gasteiger partial charge in [-0.05, 0) is 49.3 Å². The number of carbonyl (C=O) groups is 3. The van der Waals surface area contributed by atoms with E-state index < -0.39 is 17.4 Å². The summed E-state index contributed by atoms with van der Waals surface area (Å²) in [5.41, 5.74) is 0.554. The summed E-state index contributed by atoms with van der Waals surface area (Å²) >= 11 is 0. The molecule has 0 radical (unpaired) electrons. The second-order valence-electron chi connectivity index (χ2n) is 7.75. The van der Waals surface area contributed by atoms with Gasteiger partial charge in [-0.2, -0.15) is 0 Å². The molecule has 0 aromatic heterocycles. The van der Waals surface area contributed by atoms with E-state index in [2.05, 4.69) is 5.32 Å². The predicted octanol–water partition coefficient (Wildman–Crippen LogP) is 4.27. The van der Waals surface area contributed by atoms with E-state index in [0.29, 0.717) is 35.6 Å². The fourth-order valence-corrected chi connectivity index (χ4v) is 3.64. The highest BCUT2D eigenvalue weighted by Gasteiger charge is 2.32. The van der Waals surface area contributed by atoms with Crippen molar-refractivity contribution in [2.24, 2.45) is 11.3 Å². The fourth-order valence-electron chi connectivity index (χ4n) is 3.64. The normalized spacial score (nSPS) is 11.5. The molecule has 3 N–H and O–H groups in total. The molecule has 0 saturated carbocycles. The second-order valence-corrected chi connectivity index (χ2v) is 7.75. The minimum atomic E-state index is -1.21. The van der Waals surface area contributed by atoms with Crippen LogP contribution in [0.2, 0.25) is 0 Å². The Kier molecular flexibility index (Phi) is 6.58. The molecule has 1 amide bonds. The Hall–Kier alpha value is -2.37. The van der Waals surface area contributed by atoms with E-state index >= 15 is 0 Å². The molecule has 0 fully saturated rings. The van der Waals surface area contributed by atoms with Crippen molar-refractivity contribution in [2.45, 2.75) is 61.3 Å². The summed E-state index contributed by atoms with van der Waals surface area (Å²) in [6.07, 6.45) is 1.02. The number of carboxylic acids is 2. The number of aromatic carboxylic acids is 2. The Balaban J connectivity index is 3.63. The highest BCUT2D eigenvalue weighted by molar-refractivity contribution is 6.05. The van der Waals surface area contributed by atoms with Crippen LogP contribution in [-0.4, -0.2) is 28.1 Å². The van der Waals surface area contributed by atoms with E-state index in [1.165, 1.54) is 6.92 Å². The third-order valence-corrected chi connectivity index (χ3v) is 4.66. The summed E-state index contributed by atoms with van der Waals surface area (Å²) in [4.78, 5) is 36.3. The molecule has 26 heavy (non-hydrogen) atoms. The number of hydrogen-bond donors (Lipinski definition) is 3. The van der Waals surface area contributed by atoms with Gasteiger partial charge in [-0.15, -0.1) is 0 Å². The van der Waals surface area contributed by atoms with Gasteiger partial charge in [-0.25, -0.2) is 9.59 Å². The number of hydrogen-bond acceptors (Lipinski definition) is 3. The van der Waals surface area contributed by atoms with Gasteiger partial charge in [-0.1, -0.05) is 34.6 Å². The van der Waals surface area contributed by atoms with Crippen LogP contribution < -0.4 is 5.32 Å². The SMILES string of the molecule is CCc1c(NC(=O)C(C)(C)CC(C)C)c(C)c(C(=O)O)c(C)c1C(=O)O. The monoisotopic (exact) mass is 363 g/mol. The Morgan fingerprint density at radius 1 is 1.00 bits per heavy atom. The Labute approximate surface area is 154 Å². The Morgan fingerprint density at radius 2 is 1.50 bits per heavy atom. The number of rotatable bonds is 7. The first-order valence-electron chi connectivity index (χ1n) is 8.79. The summed E-state index contributed by atoms with van der Waals surface area (Å²) in [5.74, 6) is -2.34. The van der Waals surface area contributed by atoms with Gasteiger partial charge in [0.1, 0.15) is 0 Å². The molecule has 0 saturated heterocycles. The maximum absolute atomic E-state index is 12.8. The van der Waals surface area contributed by atoms with Gasteiger partial charge in [0.2, 0.25) is 5.91 Å². The second kappa shape index (κ2) is 7.89. The van der Waals surface area contributed by atoms with Crippen molar-refractivity contribution in [1.29, 1.82) is 0 Å². The van der Waals surface area contributed by atoms with Crippen LogP contribution in [0.1, 0.15) is 78.4 Å². The highest BCUT2D eigenvalue weighted by atomic mass is 16.4. The van der Waals surface area contributed by atoms with E-state index in [0.717, 1.165) is 0 Å². The van der Waals surface area contributed by atoms with Crippen LogP contribution in [-0.2, 0) is 11.2 Å².